The van der Waals surface area contributed by atoms with E-state index in [0.717, 1.165) is 38.6 Å². The first kappa shape index (κ1) is 17.5. The number of aryl methyl sites for hydroxylation is 1. The maximum Gasteiger partial charge on any atom is 0.0698 e. The number of hydrogen-bond acceptors (Lipinski definition) is 4. The summed E-state index contributed by atoms with van der Waals surface area (Å²) in [5.74, 6) is 1.47. The van der Waals surface area contributed by atoms with Gasteiger partial charge in [0.05, 0.1) is 19.3 Å². The minimum Gasteiger partial charge on any atom is -0.391 e. The Bertz CT molecular complexity index is 532. The molecule has 4 atom stereocenters. The lowest BCUT2D eigenvalue weighted by molar-refractivity contribution is -0.0520. The minimum atomic E-state index is -0.149. The normalized spacial score (nSPS) is 34.1. The molecule has 25 heavy (non-hydrogen) atoms. The molecule has 0 bridgehead atoms. The maximum absolute atomic E-state index is 10.7. The predicted molar refractivity (Wildman–Crippen MR) is 99.6 cm³/mol. The first-order valence-electron chi connectivity index (χ1n) is 10.1. The van der Waals surface area contributed by atoms with Crippen LogP contribution in [0.25, 0.3) is 0 Å². The Morgan fingerprint density at radius 2 is 1.72 bits per heavy atom. The van der Waals surface area contributed by atoms with Gasteiger partial charge in [-0.1, -0.05) is 30.3 Å². The van der Waals surface area contributed by atoms with Crippen LogP contribution in [-0.2, 0) is 11.2 Å². The molecule has 1 N–H and O–H groups in total. The summed E-state index contributed by atoms with van der Waals surface area (Å²) in [7, 11) is 0. The Morgan fingerprint density at radius 3 is 2.48 bits per heavy atom. The monoisotopic (exact) mass is 344 g/mol. The second kappa shape index (κ2) is 8.17. The van der Waals surface area contributed by atoms with Crippen LogP contribution in [0.15, 0.2) is 30.3 Å². The molecule has 2 aliphatic heterocycles. The van der Waals surface area contributed by atoms with E-state index in [2.05, 4.69) is 40.1 Å². The smallest absolute Gasteiger partial charge is 0.0698 e. The third-order valence-electron chi connectivity index (χ3n) is 6.48. The molecule has 2 saturated heterocycles. The molecule has 1 aromatic carbocycles. The van der Waals surface area contributed by atoms with Crippen LogP contribution in [-0.4, -0.2) is 73.0 Å². The number of aliphatic hydroxyl groups excluding tert-OH is 1. The number of likely N-dealkylation sites (tertiary alicyclic amines) is 1. The van der Waals surface area contributed by atoms with Crippen LogP contribution in [0, 0.1) is 11.8 Å². The number of fused-ring (bicyclic) bond motifs is 1. The van der Waals surface area contributed by atoms with Crippen molar-refractivity contribution in [3.63, 3.8) is 0 Å². The molecule has 2 heterocycles. The number of aliphatic hydroxyl groups is 1. The van der Waals surface area contributed by atoms with Crippen molar-refractivity contribution in [1.82, 2.24) is 9.80 Å². The Hall–Kier alpha value is -0.940. The van der Waals surface area contributed by atoms with Crippen molar-refractivity contribution in [3.8, 4) is 0 Å². The van der Waals surface area contributed by atoms with E-state index in [1.165, 1.54) is 44.5 Å². The van der Waals surface area contributed by atoms with E-state index in [1.807, 2.05) is 0 Å². The predicted octanol–water partition coefficient (Wildman–Crippen LogP) is 2.02. The summed E-state index contributed by atoms with van der Waals surface area (Å²) in [6, 6.07) is 11.2. The highest BCUT2D eigenvalue weighted by atomic mass is 16.5. The minimum absolute atomic E-state index is 0.149. The molecule has 0 aromatic heterocycles. The zero-order valence-electron chi connectivity index (χ0n) is 15.2. The first-order chi connectivity index (χ1) is 12.3. The van der Waals surface area contributed by atoms with Crippen molar-refractivity contribution >= 4 is 0 Å². The maximum atomic E-state index is 10.7. The fraction of sp³-hybridized carbons (Fsp3) is 0.714. The summed E-state index contributed by atoms with van der Waals surface area (Å²) in [6.07, 6.45) is 4.41. The number of hydrogen-bond donors (Lipinski definition) is 1. The van der Waals surface area contributed by atoms with E-state index in [-0.39, 0.29) is 6.10 Å². The lowest BCUT2D eigenvalue weighted by Gasteiger charge is -2.43. The molecular weight excluding hydrogens is 312 g/mol. The second-order valence-corrected chi connectivity index (χ2v) is 8.12. The molecule has 3 fully saturated rings. The first-order valence-corrected chi connectivity index (χ1v) is 10.1. The van der Waals surface area contributed by atoms with Gasteiger partial charge in [0.25, 0.3) is 0 Å². The van der Waals surface area contributed by atoms with Crippen molar-refractivity contribution in [2.45, 2.75) is 37.8 Å². The standard InChI is InChI=1S/C21H32N2O2/c24-21-14-19-16-22(8-4-7-17-5-2-1-3-6-17)15-18(19)13-20(21)23-9-11-25-12-10-23/h1-3,5-6,18-21,24H,4,7-16H2/t18-,19+,20-,21-/m1/s1. The van der Waals surface area contributed by atoms with Crippen molar-refractivity contribution in [3.05, 3.63) is 35.9 Å². The van der Waals surface area contributed by atoms with Gasteiger partial charge in [-0.25, -0.2) is 0 Å². The highest BCUT2D eigenvalue weighted by molar-refractivity contribution is 5.14. The zero-order valence-corrected chi connectivity index (χ0v) is 15.2. The van der Waals surface area contributed by atoms with Gasteiger partial charge in [-0.15, -0.1) is 0 Å². The number of ether oxygens (including phenoxy) is 1. The lowest BCUT2D eigenvalue weighted by Crippen LogP contribution is -2.53. The molecule has 3 aliphatic rings. The molecule has 4 rings (SSSR count). The number of nitrogens with zero attached hydrogens (tertiary/aromatic N) is 2. The van der Waals surface area contributed by atoms with Gasteiger partial charge in [0.2, 0.25) is 0 Å². The van der Waals surface area contributed by atoms with E-state index in [9.17, 15) is 5.11 Å². The van der Waals surface area contributed by atoms with Crippen LogP contribution in [0.1, 0.15) is 24.8 Å². The van der Waals surface area contributed by atoms with Crippen LogP contribution in [0.5, 0.6) is 0 Å². The molecule has 1 aliphatic carbocycles. The summed E-state index contributed by atoms with van der Waals surface area (Å²) in [5, 5.41) is 10.7. The Labute approximate surface area is 151 Å². The van der Waals surface area contributed by atoms with Crippen molar-refractivity contribution in [1.29, 1.82) is 0 Å². The second-order valence-electron chi connectivity index (χ2n) is 8.12. The molecule has 1 saturated carbocycles. The summed E-state index contributed by atoms with van der Waals surface area (Å²) in [4.78, 5) is 5.12. The van der Waals surface area contributed by atoms with Crippen LogP contribution in [0.4, 0.5) is 0 Å². The van der Waals surface area contributed by atoms with Crippen LogP contribution >= 0.6 is 0 Å². The van der Waals surface area contributed by atoms with Gasteiger partial charge in [0.15, 0.2) is 0 Å². The quantitative estimate of drug-likeness (QED) is 0.887. The number of benzene rings is 1. The third kappa shape index (κ3) is 4.25. The summed E-state index contributed by atoms with van der Waals surface area (Å²) < 4.78 is 5.48. The van der Waals surface area contributed by atoms with E-state index >= 15 is 0 Å². The van der Waals surface area contributed by atoms with E-state index in [1.54, 1.807) is 0 Å². The summed E-state index contributed by atoms with van der Waals surface area (Å²) in [5.41, 5.74) is 1.45. The molecule has 138 valence electrons. The van der Waals surface area contributed by atoms with Crippen molar-refractivity contribution < 1.29 is 9.84 Å². The fourth-order valence-corrected chi connectivity index (χ4v) is 5.14. The third-order valence-corrected chi connectivity index (χ3v) is 6.48. The average molecular weight is 344 g/mol. The van der Waals surface area contributed by atoms with E-state index < -0.39 is 0 Å². The molecule has 4 heteroatoms. The molecule has 0 amide bonds. The summed E-state index contributed by atoms with van der Waals surface area (Å²) >= 11 is 0. The van der Waals surface area contributed by atoms with Gasteiger partial charge in [-0.3, -0.25) is 4.90 Å². The molecule has 0 radical (unpaired) electrons. The van der Waals surface area contributed by atoms with Crippen LogP contribution < -0.4 is 0 Å². The average Bonchev–Trinajstić information content (AvgIpc) is 3.04. The molecule has 4 nitrogen and oxygen atoms in total. The van der Waals surface area contributed by atoms with Crippen molar-refractivity contribution in [2.75, 3.05) is 45.9 Å². The largest absolute Gasteiger partial charge is 0.391 e. The Balaban J connectivity index is 1.26. The SMILES string of the molecule is O[C@@H]1C[C@H]2CN(CCCc3ccccc3)C[C@H]2C[C@H]1N1CCOCC1. The Kier molecular flexibility index (Phi) is 5.71. The lowest BCUT2D eigenvalue weighted by atomic mass is 9.77. The van der Waals surface area contributed by atoms with E-state index in [0.29, 0.717) is 12.0 Å². The topological polar surface area (TPSA) is 35.9 Å². The fourth-order valence-electron chi connectivity index (χ4n) is 5.14. The number of rotatable bonds is 5. The van der Waals surface area contributed by atoms with Gasteiger partial charge < -0.3 is 14.7 Å². The molecule has 0 unspecified atom stereocenters. The van der Waals surface area contributed by atoms with Gasteiger partial charge in [-0.05, 0) is 49.6 Å². The Morgan fingerprint density at radius 1 is 1.00 bits per heavy atom. The van der Waals surface area contributed by atoms with E-state index in [4.69, 9.17) is 4.74 Å². The van der Waals surface area contributed by atoms with Gasteiger partial charge in [-0.2, -0.15) is 0 Å². The summed E-state index contributed by atoms with van der Waals surface area (Å²) in [6.45, 7) is 7.23. The van der Waals surface area contributed by atoms with Gasteiger partial charge >= 0.3 is 0 Å². The molecule has 0 spiro atoms. The molecular formula is C21H32N2O2. The van der Waals surface area contributed by atoms with Crippen LogP contribution in [0.3, 0.4) is 0 Å². The van der Waals surface area contributed by atoms with Crippen molar-refractivity contribution in [2.24, 2.45) is 11.8 Å². The van der Waals surface area contributed by atoms with Crippen LogP contribution in [0.2, 0.25) is 0 Å². The number of morpholine rings is 1. The highest BCUT2D eigenvalue weighted by Gasteiger charge is 2.43. The highest BCUT2D eigenvalue weighted by Crippen LogP contribution is 2.38. The zero-order chi connectivity index (χ0) is 17.1. The van der Waals surface area contributed by atoms with Gasteiger partial charge in [0, 0.05) is 32.2 Å². The van der Waals surface area contributed by atoms with Gasteiger partial charge in [0.1, 0.15) is 0 Å². The molecule has 1 aromatic rings.